The van der Waals surface area contributed by atoms with Gasteiger partial charge in [0, 0.05) is 19.6 Å². The monoisotopic (exact) mass is 253 g/mol. The van der Waals surface area contributed by atoms with Crippen LogP contribution >= 0.6 is 0 Å². The second kappa shape index (κ2) is 6.71. The van der Waals surface area contributed by atoms with Gasteiger partial charge >= 0.3 is 0 Å². The summed E-state index contributed by atoms with van der Waals surface area (Å²) in [4.78, 5) is 2.32. The van der Waals surface area contributed by atoms with Crippen molar-refractivity contribution in [2.75, 3.05) is 39.5 Å². The highest BCUT2D eigenvalue weighted by molar-refractivity contribution is 5.33. The highest BCUT2D eigenvalue weighted by Crippen LogP contribution is 2.20. The van der Waals surface area contributed by atoms with Gasteiger partial charge in [-0.15, -0.1) is 0 Å². The maximum Gasteiger partial charge on any atom is 0.123 e. The number of benzene rings is 1. The van der Waals surface area contributed by atoms with Crippen LogP contribution in [0.1, 0.15) is 12.5 Å². The van der Waals surface area contributed by atoms with Crippen LogP contribution in [-0.2, 0) is 11.2 Å². The van der Waals surface area contributed by atoms with E-state index >= 15 is 0 Å². The van der Waals surface area contributed by atoms with Gasteiger partial charge in [0.05, 0.1) is 13.2 Å². The Morgan fingerprint density at radius 1 is 1.33 bits per heavy atom. The van der Waals surface area contributed by atoms with Gasteiger partial charge in [0.15, 0.2) is 0 Å². The van der Waals surface area contributed by atoms with Crippen LogP contribution in [0, 0.1) is 5.82 Å². The summed E-state index contributed by atoms with van der Waals surface area (Å²) >= 11 is 0. The van der Waals surface area contributed by atoms with Crippen molar-refractivity contribution in [3.63, 3.8) is 0 Å². The van der Waals surface area contributed by atoms with E-state index in [0.29, 0.717) is 6.61 Å². The third kappa shape index (κ3) is 3.68. The van der Waals surface area contributed by atoms with Crippen LogP contribution in [0.3, 0.4) is 0 Å². The summed E-state index contributed by atoms with van der Waals surface area (Å²) in [7, 11) is 0. The molecule has 4 heteroatoms. The molecule has 1 aromatic rings. The number of halogens is 1. The summed E-state index contributed by atoms with van der Waals surface area (Å²) in [6, 6.07) is 4.71. The minimum atomic E-state index is -0.202. The summed E-state index contributed by atoms with van der Waals surface area (Å²) in [6.07, 6.45) is 0.782. The van der Waals surface area contributed by atoms with Crippen molar-refractivity contribution in [3.05, 3.63) is 29.6 Å². The van der Waals surface area contributed by atoms with Crippen molar-refractivity contribution in [3.8, 4) is 5.75 Å². The third-order valence-electron chi connectivity index (χ3n) is 3.17. The first-order chi connectivity index (χ1) is 8.79. The predicted molar refractivity (Wildman–Crippen MR) is 68.5 cm³/mol. The van der Waals surface area contributed by atoms with E-state index in [1.165, 1.54) is 6.07 Å². The standard InChI is InChI=1S/C14H20FNO2/c1-2-12-11-13(15)3-4-14(12)18-10-7-16-5-8-17-9-6-16/h3-4,11H,2,5-10H2,1H3. The molecule has 1 aliphatic heterocycles. The van der Waals surface area contributed by atoms with Gasteiger partial charge in [0.25, 0.3) is 0 Å². The summed E-state index contributed by atoms with van der Waals surface area (Å²) in [5.41, 5.74) is 0.928. The van der Waals surface area contributed by atoms with Crippen LogP contribution in [0.25, 0.3) is 0 Å². The molecule has 0 amide bonds. The molecule has 0 atom stereocenters. The zero-order valence-electron chi connectivity index (χ0n) is 10.8. The highest BCUT2D eigenvalue weighted by Gasteiger charge is 2.10. The van der Waals surface area contributed by atoms with Crippen LogP contribution in [0.2, 0.25) is 0 Å². The predicted octanol–water partition coefficient (Wildman–Crippen LogP) is 2.10. The minimum Gasteiger partial charge on any atom is -0.492 e. The van der Waals surface area contributed by atoms with Crippen LogP contribution in [0.5, 0.6) is 5.75 Å². The molecule has 18 heavy (non-hydrogen) atoms. The summed E-state index contributed by atoms with van der Waals surface area (Å²) in [5, 5.41) is 0. The number of nitrogens with zero attached hydrogens (tertiary/aromatic N) is 1. The third-order valence-corrected chi connectivity index (χ3v) is 3.17. The number of hydrogen-bond acceptors (Lipinski definition) is 3. The summed E-state index contributed by atoms with van der Waals surface area (Å²) in [5.74, 6) is 0.597. The number of ether oxygens (including phenoxy) is 2. The Morgan fingerprint density at radius 2 is 2.11 bits per heavy atom. The molecule has 1 fully saturated rings. The lowest BCUT2D eigenvalue weighted by molar-refractivity contribution is 0.0322. The largest absolute Gasteiger partial charge is 0.492 e. The van der Waals surface area contributed by atoms with Crippen LogP contribution < -0.4 is 4.74 Å². The van der Waals surface area contributed by atoms with E-state index in [-0.39, 0.29) is 5.82 Å². The zero-order valence-corrected chi connectivity index (χ0v) is 10.8. The Bertz CT molecular complexity index is 378. The molecule has 0 aliphatic carbocycles. The summed E-state index contributed by atoms with van der Waals surface area (Å²) < 4.78 is 24.1. The van der Waals surface area contributed by atoms with Gasteiger partial charge in [-0.1, -0.05) is 6.92 Å². The van der Waals surface area contributed by atoms with Crippen molar-refractivity contribution in [1.82, 2.24) is 4.90 Å². The van der Waals surface area contributed by atoms with Crippen molar-refractivity contribution in [2.45, 2.75) is 13.3 Å². The molecule has 1 aromatic carbocycles. The molecule has 0 N–H and O–H groups in total. The van der Waals surface area contributed by atoms with E-state index in [1.54, 1.807) is 12.1 Å². The number of morpholine rings is 1. The van der Waals surface area contributed by atoms with Crippen LogP contribution in [-0.4, -0.2) is 44.4 Å². The molecule has 0 unspecified atom stereocenters. The SMILES string of the molecule is CCc1cc(F)ccc1OCCN1CCOCC1. The lowest BCUT2D eigenvalue weighted by Crippen LogP contribution is -2.38. The Morgan fingerprint density at radius 3 is 2.83 bits per heavy atom. The smallest absolute Gasteiger partial charge is 0.123 e. The minimum absolute atomic E-state index is 0.202. The van der Waals surface area contributed by atoms with Crippen molar-refractivity contribution in [2.24, 2.45) is 0 Å². The van der Waals surface area contributed by atoms with Crippen LogP contribution in [0.15, 0.2) is 18.2 Å². The van der Waals surface area contributed by atoms with E-state index in [9.17, 15) is 4.39 Å². The normalized spacial score (nSPS) is 16.8. The fourth-order valence-corrected chi connectivity index (χ4v) is 2.07. The average Bonchev–Trinajstić information content (AvgIpc) is 2.41. The lowest BCUT2D eigenvalue weighted by Gasteiger charge is -2.26. The van der Waals surface area contributed by atoms with Crippen LogP contribution in [0.4, 0.5) is 4.39 Å². The Balaban J connectivity index is 1.82. The maximum atomic E-state index is 13.1. The molecule has 0 aromatic heterocycles. The van der Waals surface area contributed by atoms with E-state index < -0.39 is 0 Å². The topological polar surface area (TPSA) is 21.7 Å². The molecular formula is C14H20FNO2. The Hall–Kier alpha value is -1.13. The molecule has 0 bridgehead atoms. The number of hydrogen-bond donors (Lipinski definition) is 0. The van der Waals surface area contributed by atoms with E-state index in [4.69, 9.17) is 9.47 Å². The second-order valence-electron chi connectivity index (χ2n) is 4.41. The molecule has 0 radical (unpaired) electrons. The van der Waals surface area contributed by atoms with Gasteiger partial charge in [0.2, 0.25) is 0 Å². The fraction of sp³-hybridized carbons (Fsp3) is 0.571. The number of rotatable bonds is 5. The number of aryl methyl sites for hydroxylation is 1. The van der Waals surface area contributed by atoms with Gasteiger partial charge in [0.1, 0.15) is 18.2 Å². The first kappa shape index (κ1) is 13.3. The van der Waals surface area contributed by atoms with Crippen molar-refractivity contribution in [1.29, 1.82) is 0 Å². The summed E-state index contributed by atoms with van der Waals surface area (Å²) in [6.45, 7) is 7.07. The van der Waals surface area contributed by atoms with E-state index in [1.807, 2.05) is 6.92 Å². The maximum absolute atomic E-state index is 13.1. The van der Waals surface area contributed by atoms with Gasteiger partial charge < -0.3 is 9.47 Å². The zero-order chi connectivity index (χ0) is 12.8. The molecule has 100 valence electrons. The molecule has 0 spiro atoms. The molecule has 1 saturated heterocycles. The Kier molecular flexibility index (Phi) is 4.96. The van der Waals surface area contributed by atoms with E-state index in [0.717, 1.165) is 50.6 Å². The van der Waals surface area contributed by atoms with E-state index in [2.05, 4.69) is 4.90 Å². The highest BCUT2D eigenvalue weighted by atomic mass is 19.1. The molecular weight excluding hydrogens is 233 g/mol. The second-order valence-corrected chi connectivity index (χ2v) is 4.41. The van der Waals surface area contributed by atoms with Crippen molar-refractivity contribution >= 4 is 0 Å². The molecule has 3 nitrogen and oxygen atoms in total. The lowest BCUT2D eigenvalue weighted by atomic mass is 10.1. The van der Waals surface area contributed by atoms with Gasteiger partial charge in [-0.2, -0.15) is 0 Å². The molecule has 0 saturated carbocycles. The fourth-order valence-electron chi connectivity index (χ4n) is 2.07. The molecule has 1 heterocycles. The molecule has 1 aliphatic rings. The van der Waals surface area contributed by atoms with Crippen molar-refractivity contribution < 1.29 is 13.9 Å². The van der Waals surface area contributed by atoms with Gasteiger partial charge in [-0.25, -0.2) is 4.39 Å². The molecule has 2 rings (SSSR count). The first-order valence-corrected chi connectivity index (χ1v) is 6.51. The quantitative estimate of drug-likeness (QED) is 0.802. The Labute approximate surface area is 107 Å². The van der Waals surface area contributed by atoms with Gasteiger partial charge in [-0.05, 0) is 30.2 Å². The first-order valence-electron chi connectivity index (χ1n) is 6.51. The van der Waals surface area contributed by atoms with Gasteiger partial charge in [-0.3, -0.25) is 4.90 Å². The average molecular weight is 253 g/mol.